The fourth-order valence-corrected chi connectivity index (χ4v) is 5.50. The lowest BCUT2D eigenvalue weighted by Gasteiger charge is -2.33. The summed E-state index contributed by atoms with van der Waals surface area (Å²) in [6.07, 6.45) is -3.43. The Hall–Kier alpha value is -6.03. The van der Waals surface area contributed by atoms with E-state index < -0.39 is 18.1 Å². The minimum atomic E-state index is -5.08. The number of halogens is 3. The average molecular weight is 751 g/mol. The Morgan fingerprint density at radius 3 is 1.96 bits per heavy atom. The summed E-state index contributed by atoms with van der Waals surface area (Å²) in [5.41, 5.74) is 5.20. The van der Waals surface area contributed by atoms with Gasteiger partial charge in [-0.2, -0.15) is 13.2 Å². The van der Waals surface area contributed by atoms with Crippen LogP contribution in [0.5, 0.6) is 0 Å². The summed E-state index contributed by atoms with van der Waals surface area (Å²) in [6, 6.07) is 20.0. The summed E-state index contributed by atoms with van der Waals surface area (Å²) in [5, 5.41) is 22.2. The summed E-state index contributed by atoms with van der Waals surface area (Å²) >= 11 is 0. The van der Waals surface area contributed by atoms with Gasteiger partial charge in [0.05, 0.1) is 12.2 Å². The van der Waals surface area contributed by atoms with Gasteiger partial charge in [-0.15, -0.1) is 0 Å². The SMILES string of the molecule is Cc1c(NC(=O)c2ccc(C(C)(C)C)cc2)cccc1-c1cn(C)c(=O)c(Nc2ccc(C(=O)N3CCN(CC(=O)O)CC3)cc2)n1.O=C(O)C(F)(F)F. The van der Waals surface area contributed by atoms with E-state index in [2.05, 4.69) is 36.4 Å². The van der Waals surface area contributed by atoms with Crippen LogP contribution in [0.2, 0.25) is 0 Å². The van der Waals surface area contributed by atoms with Gasteiger partial charge in [0.1, 0.15) is 0 Å². The van der Waals surface area contributed by atoms with Crippen LogP contribution in [0, 0.1) is 6.92 Å². The van der Waals surface area contributed by atoms with Crippen LogP contribution in [-0.4, -0.2) is 92.2 Å². The molecule has 0 bridgehead atoms. The first-order valence-electron chi connectivity index (χ1n) is 16.7. The fraction of sp³-hybridized carbons (Fsp3) is 0.316. The summed E-state index contributed by atoms with van der Waals surface area (Å²) in [5.74, 6) is -3.87. The Bertz CT molecular complexity index is 2070. The number of piperazine rings is 1. The predicted octanol–water partition coefficient (Wildman–Crippen LogP) is 5.52. The van der Waals surface area contributed by atoms with Crippen LogP contribution in [0.25, 0.3) is 11.3 Å². The number of carbonyl (C=O) groups is 4. The summed E-state index contributed by atoms with van der Waals surface area (Å²) < 4.78 is 33.2. The molecule has 0 unspecified atom stereocenters. The third-order valence-corrected chi connectivity index (χ3v) is 8.60. The minimum absolute atomic E-state index is 0.0119. The number of carboxylic acids is 2. The number of nitrogens with zero attached hydrogens (tertiary/aromatic N) is 4. The Labute approximate surface area is 309 Å². The second-order valence-electron chi connectivity index (χ2n) is 13.6. The number of rotatable bonds is 8. The van der Waals surface area contributed by atoms with Gasteiger partial charge >= 0.3 is 18.1 Å². The molecule has 0 spiro atoms. The molecule has 0 aliphatic carbocycles. The maximum absolute atomic E-state index is 13.1. The number of amides is 2. The van der Waals surface area contributed by atoms with Crippen molar-refractivity contribution < 1.29 is 42.6 Å². The van der Waals surface area contributed by atoms with Crippen molar-refractivity contribution in [3.05, 3.63) is 106 Å². The molecule has 2 amide bonds. The van der Waals surface area contributed by atoms with E-state index in [4.69, 9.17) is 15.0 Å². The zero-order valence-electron chi connectivity index (χ0n) is 30.3. The number of aromatic nitrogens is 2. The Morgan fingerprint density at radius 2 is 1.43 bits per heavy atom. The van der Waals surface area contributed by atoms with Crippen molar-refractivity contribution in [2.45, 2.75) is 39.3 Å². The molecular formula is C38H41F3N6O7. The highest BCUT2D eigenvalue weighted by molar-refractivity contribution is 6.05. The smallest absolute Gasteiger partial charge is 0.480 e. The van der Waals surface area contributed by atoms with Crippen LogP contribution in [0.3, 0.4) is 0 Å². The molecule has 286 valence electrons. The highest BCUT2D eigenvalue weighted by Gasteiger charge is 2.38. The second kappa shape index (κ2) is 16.8. The number of hydrogen-bond acceptors (Lipinski definition) is 8. The van der Waals surface area contributed by atoms with Crippen molar-refractivity contribution in [3.8, 4) is 11.3 Å². The van der Waals surface area contributed by atoms with E-state index in [0.717, 1.165) is 16.7 Å². The summed E-state index contributed by atoms with van der Waals surface area (Å²) in [6.45, 7) is 10.2. The first-order chi connectivity index (χ1) is 25.2. The van der Waals surface area contributed by atoms with Gasteiger partial charge in [-0.25, -0.2) is 9.78 Å². The Kier molecular flexibility index (Phi) is 12.6. The number of benzene rings is 3. The predicted molar refractivity (Wildman–Crippen MR) is 196 cm³/mol. The van der Waals surface area contributed by atoms with Crippen molar-refractivity contribution in [2.24, 2.45) is 7.05 Å². The van der Waals surface area contributed by atoms with Gasteiger partial charge in [0.25, 0.3) is 17.4 Å². The van der Waals surface area contributed by atoms with Gasteiger partial charge in [0.2, 0.25) is 0 Å². The normalized spacial score (nSPS) is 13.4. The Balaban J connectivity index is 0.000000845. The number of hydrogen-bond donors (Lipinski definition) is 4. The minimum Gasteiger partial charge on any atom is -0.480 e. The van der Waals surface area contributed by atoms with Crippen molar-refractivity contribution in [1.29, 1.82) is 0 Å². The molecule has 13 nitrogen and oxygen atoms in total. The Morgan fingerprint density at radius 1 is 0.852 bits per heavy atom. The summed E-state index contributed by atoms with van der Waals surface area (Å²) in [4.78, 5) is 67.2. The molecule has 16 heteroatoms. The molecule has 2 heterocycles. The number of carbonyl (C=O) groups excluding carboxylic acids is 2. The molecule has 4 aromatic rings. The summed E-state index contributed by atoms with van der Waals surface area (Å²) in [7, 11) is 1.65. The van der Waals surface area contributed by atoms with E-state index in [1.165, 1.54) is 4.57 Å². The molecule has 1 aliphatic heterocycles. The molecule has 1 saturated heterocycles. The molecule has 1 fully saturated rings. The fourth-order valence-electron chi connectivity index (χ4n) is 5.50. The zero-order valence-corrected chi connectivity index (χ0v) is 30.3. The second-order valence-corrected chi connectivity index (χ2v) is 13.6. The number of nitrogens with one attached hydrogen (secondary N) is 2. The van der Waals surface area contributed by atoms with Crippen LogP contribution in [-0.2, 0) is 22.1 Å². The van der Waals surface area contributed by atoms with Crippen molar-refractivity contribution in [2.75, 3.05) is 43.4 Å². The highest BCUT2D eigenvalue weighted by Crippen LogP contribution is 2.29. The zero-order chi connectivity index (χ0) is 40.0. The van der Waals surface area contributed by atoms with Crippen LogP contribution in [0.1, 0.15) is 52.6 Å². The van der Waals surface area contributed by atoms with E-state index in [1.54, 1.807) is 47.3 Å². The van der Waals surface area contributed by atoms with E-state index in [-0.39, 0.29) is 35.2 Å². The first-order valence-corrected chi connectivity index (χ1v) is 16.7. The maximum atomic E-state index is 13.1. The molecule has 1 aliphatic rings. The van der Waals surface area contributed by atoms with Crippen LogP contribution in [0.15, 0.2) is 77.7 Å². The number of alkyl halides is 3. The quantitative estimate of drug-likeness (QED) is 0.180. The lowest BCUT2D eigenvalue weighted by atomic mass is 9.86. The molecule has 4 N–H and O–H groups in total. The number of aliphatic carboxylic acids is 2. The molecule has 0 radical (unpaired) electrons. The third-order valence-electron chi connectivity index (χ3n) is 8.60. The van der Waals surface area contributed by atoms with Gasteiger partial charge in [0.15, 0.2) is 5.82 Å². The number of anilines is 3. The van der Waals surface area contributed by atoms with Crippen molar-refractivity contribution in [3.63, 3.8) is 0 Å². The maximum Gasteiger partial charge on any atom is 0.490 e. The molecule has 0 saturated carbocycles. The van der Waals surface area contributed by atoms with E-state index in [9.17, 15) is 32.3 Å². The van der Waals surface area contributed by atoms with Crippen LogP contribution < -0.4 is 16.2 Å². The van der Waals surface area contributed by atoms with Gasteiger partial charge in [-0.3, -0.25) is 24.1 Å². The van der Waals surface area contributed by atoms with Gasteiger partial charge in [0, 0.05) is 67.5 Å². The largest absolute Gasteiger partial charge is 0.490 e. The van der Waals surface area contributed by atoms with E-state index in [1.807, 2.05) is 49.4 Å². The lowest BCUT2D eigenvalue weighted by Crippen LogP contribution is -2.49. The average Bonchev–Trinajstić information content (AvgIpc) is 3.10. The third kappa shape index (κ3) is 10.5. The molecular weight excluding hydrogens is 709 g/mol. The molecule has 3 aromatic carbocycles. The van der Waals surface area contributed by atoms with Crippen molar-refractivity contribution >= 4 is 40.9 Å². The van der Waals surface area contributed by atoms with E-state index >= 15 is 0 Å². The van der Waals surface area contributed by atoms with Gasteiger partial charge in [-0.05, 0) is 65.9 Å². The monoisotopic (exact) mass is 750 g/mol. The van der Waals surface area contributed by atoms with Crippen LogP contribution in [0.4, 0.5) is 30.4 Å². The van der Waals surface area contributed by atoms with Gasteiger partial charge < -0.3 is 30.3 Å². The van der Waals surface area contributed by atoms with Crippen molar-refractivity contribution in [1.82, 2.24) is 19.4 Å². The molecule has 54 heavy (non-hydrogen) atoms. The van der Waals surface area contributed by atoms with Crippen LogP contribution >= 0.6 is 0 Å². The first kappa shape index (κ1) is 40.7. The topological polar surface area (TPSA) is 174 Å². The number of carboxylic acid groups (broad SMARTS) is 2. The van der Waals surface area contributed by atoms with E-state index in [0.29, 0.717) is 54.4 Å². The molecule has 5 rings (SSSR count). The standard InChI is InChI=1S/C36H40N6O5.C2HF3O2/c1-23-28(7-6-8-29(23)39-33(45)24-9-13-26(14-10-24)36(2,3)4)30-21-40(5)35(47)32(38-30)37-27-15-11-25(12-16-27)34(46)42-19-17-41(18-20-42)22-31(43)44;3-2(4,5)1(6)7/h6-16,21H,17-20,22H2,1-5H3,(H,37,38)(H,39,45)(H,43,44);(H,6,7). The number of aryl methyl sites for hydroxylation is 1. The lowest BCUT2D eigenvalue weighted by molar-refractivity contribution is -0.192. The molecule has 1 aromatic heterocycles. The highest BCUT2D eigenvalue weighted by atomic mass is 19.4. The van der Waals surface area contributed by atoms with Gasteiger partial charge in [-0.1, -0.05) is 45.0 Å². The molecule has 0 atom stereocenters.